The summed E-state index contributed by atoms with van der Waals surface area (Å²) in [7, 11) is -3.65. The average Bonchev–Trinajstić information content (AvgIpc) is 2.38. The summed E-state index contributed by atoms with van der Waals surface area (Å²) in [6, 6.07) is 2.85. The van der Waals surface area contributed by atoms with Crippen LogP contribution in [0.25, 0.3) is 0 Å². The maximum Gasteiger partial charge on any atom is 0.244 e. The van der Waals surface area contributed by atoms with Crippen molar-refractivity contribution < 1.29 is 8.42 Å². The molecule has 0 aromatic heterocycles. The minimum absolute atomic E-state index is 0.00271. The van der Waals surface area contributed by atoms with Gasteiger partial charge in [-0.15, -0.1) is 0 Å². The highest BCUT2D eigenvalue weighted by atomic mass is 35.5. The van der Waals surface area contributed by atoms with Crippen LogP contribution in [-0.4, -0.2) is 25.3 Å². The van der Waals surface area contributed by atoms with Gasteiger partial charge in [0.15, 0.2) is 0 Å². The van der Waals surface area contributed by atoms with Crippen molar-refractivity contribution in [2.24, 2.45) is 5.92 Å². The van der Waals surface area contributed by atoms with E-state index >= 15 is 0 Å². The quantitative estimate of drug-likeness (QED) is 0.842. The summed E-state index contributed by atoms with van der Waals surface area (Å²) < 4.78 is 27.1. The van der Waals surface area contributed by atoms with Crippen LogP contribution in [0.5, 0.6) is 0 Å². The van der Waals surface area contributed by atoms with Gasteiger partial charge in [0.05, 0.1) is 15.7 Å². The van der Waals surface area contributed by atoms with Gasteiger partial charge in [-0.05, 0) is 37.8 Å². The summed E-state index contributed by atoms with van der Waals surface area (Å²) in [5.41, 5.74) is 5.83. The van der Waals surface area contributed by atoms with Gasteiger partial charge in [-0.3, -0.25) is 0 Å². The molecule has 2 N–H and O–H groups in total. The lowest BCUT2D eigenvalue weighted by Crippen LogP contribution is -2.44. The first-order chi connectivity index (χ1) is 9.25. The largest absolute Gasteiger partial charge is 0.396 e. The highest BCUT2D eigenvalue weighted by molar-refractivity contribution is 7.89. The van der Waals surface area contributed by atoms with Crippen molar-refractivity contribution in [2.75, 3.05) is 12.3 Å². The van der Waals surface area contributed by atoms with Gasteiger partial charge in [0.25, 0.3) is 0 Å². The third kappa shape index (κ3) is 2.77. The molecule has 4 nitrogen and oxygen atoms in total. The van der Waals surface area contributed by atoms with Crippen LogP contribution < -0.4 is 5.73 Å². The molecular weight excluding hydrogens is 319 g/mol. The molecule has 0 bridgehead atoms. The predicted molar refractivity (Wildman–Crippen MR) is 82.6 cm³/mol. The van der Waals surface area contributed by atoms with E-state index in [1.807, 2.05) is 13.8 Å². The second kappa shape index (κ2) is 5.72. The molecule has 1 aromatic carbocycles. The van der Waals surface area contributed by atoms with Gasteiger partial charge < -0.3 is 5.73 Å². The molecule has 0 aliphatic carbocycles. The summed E-state index contributed by atoms with van der Waals surface area (Å²) in [4.78, 5) is 0.0296. The number of rotatable bonds is 2. The number of nitrogen functional groups attached to an aromatic ring is 1. The summed E-state index contributed by atoms with van der Waals surface area (Å²) in [5, 5.41) is 0.261. The van der Waals surface area contributed by atoms with Crippen LogP contribution in [0.3, 0.4) is 0 Å². The van der Waals surface area contributed by atoms with E-state index in [2.05, 4.69) is 0 Å². The van der Waals surface area contributed by atoms with E-state index in [0.717, 1.165) is 12.8 Å². The van der Waals surface area contributed by atoms with Crippen LogP contribution in [0.15, 0.2) is 17.0 Å². The molecule has 2 atom stereocenters. The van der Waals surface area contributed by atoms with Crippen molar-refractivity contribution in [3.63, 3.8) is 0 Å². The SMILES string of the molecule is CC1CCC(C)N(S(=O)(=O)c2ccc(Cl)c(N)c2Cl)C1. The molecule has 20 heavy (non-hydrogen) atoms. The van der Waals surface area contributed by atoms with Gasteiger partial charge in [0.2, 0.25) is 10.0 Å². The monoisotopic (exact) mass is 336 g/mol. The zero-order chi connectivity index (χ0) is 15.1. The second-order valence-corrected chi connectivity index (χ2v) is 8.02. The Morgan fingerprint density at radius 1 is 1.25 bits per heavy atom. The molecule has 0 radical (unpaired) electrons. The zero-order valence-corrected chi connectivity index (χ0v) is 13.8. The van der Waals surface area contributed by atoms with Crippen LogP contribution in [0.2, 0.25) is 10.0 Å². The molecule has 1 saturated heterocycles. The molecule has 2 rings (SSSR count). The predicted octanol–water partition coefficient (Wildman–Crippen LogP) is 3.38. The van der Waals surface area contributed by atoms with Crippen molar-refractivity contribution in [3.8, 4) is 0 Å². The molecule has 2 unspecified atom stereocenters. The van der Waals surface area contributed by atoms with Crippen molar-refractivity contribution in [2.45, 2.75) is 37.6 Å². The highest BCUT2D eigenvalue weighted by Crippen LogP contribution is 2.36. The number of nitrogens with zero attached hydrogens (tertiary/aromatic N) is 1. The average molecular weight is 337 g/mol. The molecule has 1 fully saturated rings. The maximum absolute atomic E-state index is 12.8. The van der Waals surface area contributed by atoms with E-state index in [9.17, 15) is 8.42 Å². The lowest BCUT2D eigenvalue weighted by Gasteiger charge is -2.35. The first-order valence-electron chi connectivity index (χ1n) is 6.50. The molecule has 1 aliphatic rings. The first kappa shape index (κ1) is 15.9. The van der Waals surface area contributed by atoms with Gasteiger partial charge in [0.1, 0.15) is 4.90 Å². The van der Waals surface area contributed by atoms with Crippen LogP contribution in [-0.2, 0) is 10.0 Å². The first-order valence-corrected chi connectivity index (χ1v) is 8.70. The van der Waals surface area contributed by atoms with Gasteiger partial charge >= 0.3 is 0 Å². The highest BCUT2D eigenvalue weighted by Gasteiger charge is 2.35. The number of anilines is 1. The third-order valence-corrected chi connectivity index (χ3v) is 6.61. The molecule has 7 heteroatoms. The van der Waals surface area contributed by atoms with Gasteiger partial charge in [-0.1, -0.05) is 30.1 Å². The Morgan fingerprint density at radius 2 is 1.90 bits per heavy atom. The van der Waals surface area contributed by atoms with Crippen molar-refractivity contribution >= 4 is 38.9 Å². The minimum atomic E-state index is -3.65. The van der Waals surface area contributed by atoms with Crippen molar-refractivity contribution in [1.29, 1.82) is 0 Å². The van der Waals surface area contributed by atoms with Gasteiger partial charge in [0, 0.05) is 12.6 Å². The number of hydrogen-bond acceptors (Lipinski definition) is 3. The van der Waals surface area contributed by atoms with Crippen LogP contribution in [0, 0.1) is 5.92 Å². The Labute approximate surface area is 129 Å². The normalized spacial score (nSPS) is 24.8. The topological polar surface area (TPSA) is 63.4 Å². The Hall–Kier alpha value is -0.490. The Bertz CT molecular complexity index is 619. The Kier molecular flexibility index (Phi) is 4.54. The molecule has 1 heterocycles. The fourth-order valence-electron chi connectivity index (χ4n) is 2.46. The Morgan fingerprint density at radius 3 is 2.55 bits per heavy atom. The van der Waals surface area contributed by atoms with E-state index in [1.54, 1.807) is 0 Å². The molecule has 112 valence electrons. The van der Waals surface area contributed by atoms with E-state index in [4.69, 9.17) is 28.9 Å². The van der Waals surface area contributed by atoms with Crippen molar-refractivity contribution in [3.05, 3.63) is 22.2 Å². The fourth-order valence-corrected chi connectivity index (χ4v) is 4.98. The minimum Gasteiger partial charge on any atom is -0.396 e. The van der Waals surface area contributed by atoms with Gasteiger partial charge in [-0.25, -0.2) is 8.42 Å². The number of sulfonamides is 1. The van der Waals surface area contributed by atoms with Crippen molar-refractivity contribution in [1.82, 2.24) is 4.31 Å². The summed E-state index contributed by atoms with van der Waals surface area (Å²) in [5.74, 6) is 0.337. The number of piperidine rings is 1. The lowest BCUT2D eigenvalue weighted by atomic mass is 9.97. The second-order valence-electron chi connectivity index (χ2n) is 5.38. The third-order valence-electron chi connectivity index (χ3n) is 3.74. The number of nitrogens with two attached hydrogens (primary N) is 1. The van der Waals surface area contributed by atoms with Crippen LogP contribution in [0.1, 0.15) is 26.7 Å². The van der Waals surface area contributed by atoms with E-state index in [-0.39, 0.29) is 26.7 Å². The molecular formula is C13H18Cl2N2O2S. The van der Waals surface area contributed by atoms with E-state index in [1.165, 1.54) is 16.4 Å². The van der Waals surface area contributed by atoms with Crippen LogP contribution in [0.4, 0.5) is 5.69 Å². The summed E-state index contributed by atoms with van der Waals surface area (Å²) >= 11 is 11.9. The summed E-state index contributed by atoms with van der Waals surface area (Å²) in [6.45, 7) is 4.46. The number of benzene rings is 1. The molecule has 0 amide bonds. The maximum atomic E-state index is 12.8. The number of halogens is 2. The lowest BCUT2D eigenvalue weighted by molar-refractivity contribution is 0.218. The standard InChI is InChI=1S/C13H18Cl2N2O2S/c1-8-3-4-9(2)17(7-8)20(18,19)11-6-5-10(14)13(16)12(11)15/h5-6,8-9H,3-4,7,16H2,1-2H3. The summed E-state index contributed by atoms with van der Waals surface area (Å²) in [6.07, 6.45) is 1.88. The number of hydrogen-bond donors (Lipinski definition) is 1. The smallest absolute Gasteiger partial charge is 0.244 e. The fraction of sp³-hybridized carbons (Fsp3) is 0.538. The molecule has 0 saturated carbocycles. The Balaban J connectivity index is 2.47. The van der Waals surface area contributed by atoms with E-state index in [0.29, 0.717) is 12.5 Å². The zero-order valence-electron chi connectivity index (χ0n) is 11.4. The molecule has 0 spiro atoms. The van der Waals surface area contributed by atoms with Crippen LogP contribution >= 0.6 is 23.2 Å². The van der Waals surface area contributed by atoms with E-state index < -0.39 is 10.0 Å². The van der Waals surface area contributed by atoms with Gasteiger partial charge in [-0.2, -0.15) is 4.31 Å². The molecule has 1 aliphatic heterocycles. The molecule has 1 aromatic rings.